The van der Waals surface area contributed by atoms with Crippen LogP contribution in [0.3, 0.4) is 0 Å². The third kappa shape index (κ3) is 5.00. The Labute approximate surface area is 122 Å². The number of aryl methyl sites for hydroxylation is 1. The van der Waals surface area contributed by atoms with Crippen LogP contribution in [0, 0.1) is 12.8 Å². The molecule has 0 amide bonds. The lowest BCUT2D eigenvalue weighted by molar-refractivity contribution is -0.137. The summed E-state index contributed by atoms with van der Waals surface area (Å²) in [6.07, 6.45) is -4.30. The summed E-state index contributed by atoms with van der Waals surface area (Å²) in [5.41, 5.74) is 3.49. The van der Waals surface area contributed by atoms with Gasteiger partial charge in [-0.2, -0.15) is 24.9 Å². The van der Waals surface area contributed by atoms with Crippen molar-refractivity contribution < 1.29 is 13.2 Å². The first-order valence-electron chi connectivity index (χ1n) is 6.47. The minimum Gasteiger partial charge on any atom is -0.271 e. The molecule has 0 radical (unpaired) electrons. The minimum absolute atomic E-state index is 0.138. The first-order valence-corrected chi connectivity index (χ1v) is 7.62. The van der Waals surface area contributed by atoms with Crippen molar-refractivity contribution in [3.05, 3.63) is 34.9 Å². The van der Waals surface area contributed by atoms with Crippen molar-refractivity contribution in [1.82, 2.24) is 5.43 Å². The van der Waals surface area contributed by atoms with Gasteiger partial charge < -0.3 is 0 Å². The molecule has 6 heteroatoms. The molecule has 0 bridgehead atoms. The number of rotatable bonds is 6. The van der Waals surface area contributed by atoms with Gasteiger partial charge in [-0.05, 0) is 41.9 Å². The number of thioether (sulfide) groups is 1. The van der Waals surface area contributed by atoms with E-state index >= 15 is 0 Å². The molecule has 114 valence electrons. The molecular formula is C14H21F3N2S. The molecule has 1 atom stereocenters. The van der Waals surface area contributed by atoms with Crippen LogP contribution in [0.5, 0.6) is 0 Å². The Kier molecular flexibility index (Phi) is 6.36. The number of alkyl halides is 3. The summed E-state index contributed by atoms with van der Waals surface area (Å²) in [4.78, 5) is 0. The summed E-state index contributed by atoms with van der Waals surface area (Å²) in [5, 5.41) is 0. The molecule has 0 heterocycles. The van der Waals surface area contributed by atoms with Crippen LogP contribution in [0.2, 0.25) is 0 Å². The number of halogens is 3. The van der Waals surface area contributed by atoms with Crippen LogP contribution in [0.1, 0.15) is 36.6 Å². The lowest BCUT2D eigenvalue weighted by Crippen LogP contribution is -2.30. The van der Waals surface area contributed by atoms with E-state index in [1.807, 2.05) is 0 Å². The molecule has 0 aliphatic carbocycles. The van der Waals surface area contributed by atoms with Crippen LogP contribution in [-0.2, 0) is 6.18 Å². The zero-order chi connectivity index (χ0) is 15.3. The van der Waals surface area contributed by atoms with E-state index in [9.17, 15) is 13.2 Å². The van der Waals surface area contributed by atoms with E-state index < -0.39 is 11.7 Å². The largest absolute Gasteiger partial charge is 0.416 e. The Morgan fingerprint density at radius 2 is 1.90 bits per heavy atom. The zero-order valence-corrected chi connectivity index (χ0v) is 12.7. The van der Waals surface area contributed by atoms with Gasteiger partial charge in [0.1, 0.15) is 0 Å². The predicted molar refractivity (Wildman–Crippen MR) is 78.4 cm³/mol. The van der Waals surface area contributed by atoms with Gasteiger partial charge >= 0.3 is 6.18 Å². The molecule has 0 spiro atoms. The lowest BCUT2D eigenvalue weighted by atomic mass is 10.00. The van der Waals surface area contributed by atoms with E-state index in [0.717, 1.165) is 23.1 Å². The Morgan fingerprint density at radius 3 is 2.35 bits per heavy atom. The molecule has 3 N–H and O–H groups in total. The summed E-state index contributed by atoms with van der Waals surface area (Å²) in [5.74, 6) is 7.84. The van der Waals surface area contributed by atoms with Gasteiger partial charge in [0, 0.05) is 5.75 Å². The molecule has 0 saturated heterocycles. The van der Waals surface area contributed by atoms with Gasteiger partial charge in [-0.25, -0.2) is 0 Å². The molecule has 0 aliphatic heterocycles. The summed E-state index contributed by atoms with van der Waals surface area (Å²) in [7, 11) is 0. The molecular weight excluding hydrogens is 285 g/mol. The van der Waals surface area contributed by atoms with Crippen molar-refractivity contribution in [2.24, 2.45) is 11.8 Å². The van der Waals surface area contributed by atoms with Crippen LogP contribution in [0.4, 0.5) is 13.2 Å². The Bertz CT molecular complexity index is 433. The number of hydrazine groups is 1. The van der Waals surface area contributed by atoms with Crippen LogP contribution in [0.25, 0.3) is 0 Å². The van der Waals surface area contributed by atoms with E-state index in [0.29, 0.717) is 11.5 Å². The highest BCUT2D eigenvalue weighted by atomic mass is 32.2. The normalized spacial score (nSPS) is 13.8. The molecule has 0 aromatic heterocycles. The van der Waals surface area contributed by atoms with Gasteiger partial charge in [0.15, 0.2) is 0 Å². The first kappa shape index (κ1) is 17.3. The average molecular weight is 306 g/mol. The van der Waals surface area contributed by atoms with Gasteiger partial charge in [-0.1, -0.05) is 19.9 Å². The molecule has 1 unspecified atom stereocenters. The number of hydrogen-bond donors (Lipinski definition) is 2. The second kappa shape index (κ2) is 7.33. The van der Waals surface area contributed by atoms with Crippen molar-refractivity contribution in [2.75, 3.05) is 11.5 Å². The SMILES string of the molecule is Cc1cc(C(F)(F)F)ccc1C(CSCC(C)C)NN. The third-order valence-electron chi connectivity index (χ3n) is 2.91. The molecule has 1 aromatic carbocycles. The Morgan fingerprint density at radius 1 is 1.25 bits per heavy atom. The summed E-state index contributed by atoms with van der Waals surface area (Å²) in [6, 6.07) is 3.66. The van der Waals surface area contributed by atoms with Gasteiger partial charge in [-0.15, -0.1) is 0 Å². The first-order chi connectivity index (χ1) is 9.25. The van der Waals surface area contributed by atoms with Crippen molar-refractivity contribution in [2.45, 2.75) is 33.0 Å². The van der Waals surface area contributed by atoms with Crippen LogP contribution in [0.15, 0.2) is 18.2 Å². The fraction of sp³-hybridized carbons (Fsp3) is 0.571. The highest BCUT2D eigenvalue weighted by Crippen LogP contribution is 2.32. The number of benzene rings is 1. The highest BCUT2D eigenvalue weighted by molar-refractivity contribution is 7.99. The lowest BCUT2D eigenvalue weighted by Gasteiger charge is -2.20. The van der Waals surface area contributed by atoms with Gasteiger partial charge in [0.25, 0.3) is 0 Å². The van der Waals surface area contributed by atoms with Crippen LogP contribution in [-0.4, -0.2) is 11.5 Å². The molecule has 0 fully saturated rings. The number of nitrogens with two attached hydrogens (primary N) is 1. The van der Waals surface area contributed by atoms with Gasteiger partial charge in [0.05, 0.1) is 11.6 Å². The Balaban J connectivity index is 2.83. The van der Waals surface area contributed by atoms with E-state index in [4.69, 9.17) is 5.84 Å². The maximum atomic E-state index is 12.6. The standard InChI is InChI=1S/C14H21F3N2S/c1-9(2)7-20-8-13(19-18)12-5-4-11(6-10(12)3)14(15,16)17/h4-6,9,13,19H,7-8,18H2,1-3H3. The van der Waals surface area contributed by atoms with Crippen molar-refractivity contribution in [3.63, 3.8) is 0 Å². The summed E-state index contributed by atoms with van der Waals surface area (Å²) in [6.45, 7) is 5.94. The van der Waals surface area contributed by atoms with Crippen molar-refractivity contribution in [3.8, 4) is 0 Å². The third-order valence-corrected chi connectivity index (χ3v) is 4.38. The second-order valence-corrected chi connectivity index (χ2v) is 6.29. The minimum atomic E-state index is -4.30. The van der Waals surface area contributed by atoms with Crippen LogP contribution >= 0.6 is 11.8 Å². The molecule has 0 saturated carbocycles. The van der Waals surface area contributed by atoms with Crippen molar-refractivity contribution in [1.29, 1.82) is 0 Å². The van der Waals surface area contributed by atoms with E-state index in [1.165, 1.54) is 12.1 Å². The smallest absolute Gasteiger partial charge is 0.271 e. The van der Waals surface area contributed by atoms with Gasteiger partial charge in [0.2, 0.25) is 0 Å². The topological polar surface area (TPSA) is 38.0 Å². The predicted octanol–water partition coefficient (Wildman–Crippen LogP) is 3.91. The fourth-order valence-electron chi connectivity index (χ4n) is 1.89. The molecule has 20 heavy (non-hydrogen) atoms. The summed E-state index contributed by atoms with van der Waals surface area (Å²) < 4.78 is 37.9. The molecule has 1 rings (SSSR count). The van der Waals surface area contributed by atoms with Crippen LogP contribution < -0.4 is 11.3 Å². The number of nitrogens with one attached hydrogen (secondary N) is 1. The highest BCUT2D eigenvalue weighted by Gasteiger charge is 2.31. The Hall–Kier alpha value is -0.720. The fourth-order valence-corrected chi connectivity index (χ4v) is 3.01. The quantitative estimate of drug-likeness (QED) is 0.618. The maximum absolute atomic E-state index is 12.6. The average Bonchev–Trinajstić information content (AvgIpc) is 2.34. The second-order valence-electron chi connectivity index (χ2n) is 5.22. The summed E-state index contributed by atoms with van der Waals surface area (Å²) >= 11 is 1.74. The molecule has 1 aromatic rings. The zero-order valence-electron chi connectivity index (χ0n) is 11.9. The van der Waals surface area contributed by atoms with E-state index in [-0.39, 0.29) is 6.04 Å². The maximum Gasteiger partial charge on any atom is 0.416 e. The molecule has 0 aliphatic rings. The number of hydrogen-bond acceptors (Lipinski definition) is 3. The van der Waals surface area contributed by atoms with Crippen molar-refractivity contribution >= 4 is 11.8 Å². The van der Waals surface area contributed by atoms with Gasteiger partial charge in [-0.3, -0.25) is 11.3 Å². The van der Waals surface area contributed by atoms with E-state index in [1.54, 1.807) is 18.7 Å². The molecule has 2 nitrogen and oxygen atoms in total. The monoisotopic (exact) mass is 306 g/mol. The van der Waals surface area contributed by atoms with E-state index in [2.05, 4.69) is 19.3 Å².